The molecular formula is C28H50BrNO3. The van der Waals surface area contributed by atoms with Crippen LogP contribution in [0.25, 0.3) is 0 Å². The Hall–Kier alpha value is -0.780. The Morgan fingerprint density at radius 1 is 0.727 bits per heavy atom. The third-order valence-corrected chi connectivity index (χ3v) is 6.24. The Kier molecular flexibility index (Phi) is 17.0. The molecule has 5 heteroatoms. The topological polar surface area (TPSA) is 27.7 Å². The van der Waals surface area contributed by atoms with Crippen LogP contribution in [0.5, 0.6) is 11.5 Å². The molecule has 1 atom stereocenters. The quantitative estimate of drug-likeness (QED) is 0.201. The fourth-order valence-corrected chi connectivity index (χ4v) is 4.27. The summed E-state index contributed by atoms with van der Waals surface area (Å²) in [5, 5.41) is 0. The fourth-order valence-electron chi connectivity index (χ4n) is 4.27. The minimum absolute atomic E-state index is 0. The molecule has 0 aromatic heterocycles. The maximum Gasteiger partial charge on any atom is 0.161 e. The number of quaternary nitrogens is 1. The van der Waals surface area contributed by atoms with Gasteiger partial charge < -0.3 is 35.7 Å². The molecule has 0 saturated carbocycles. The SMILES string of the molecule is C[N+](C)(C)CCCCCCCCCCCCCCCCOCC1COc2ccccc2O1.[Br-]. The number of hydrogen-bond acceptors (Lipinski definition) is 3. The van der Waals surface area contributed by atoms with E-state index in [2.05, 4.69) is 21.1 Å². The van der Waals surface area contributed by atoms with Crippen LogP contribution < -0.4 is 26.5 Å². The zero-order valence-electron chi connectivity index (χ0n) is 21.7. The minimum Gasteiger partial charge on any atom is -1.00 e. The van der Waals surface area contributed by atoms with Crippen LogP contribution in [0.1, 0.15) is 89.9 Å². The van der Waals surface area contributed by atoms with Gasteiger partial charge in [0.1, 0.15) is 6.61 Å². The second-order valence-electron chi connectivity index (χ2n) is 10.5. The zero-order valence-corrected chi connectivity index (χ0v) is 23.3. The van der Waals surface area contributed by atoms with Crippen LogP contribution in [0.15, 0.2) is 24.3 Å². The van der Waals surface area contributed by atoms with Crippen molar-refractivity contribution >= 4 is 0 Å². The van der Waals surface area contributed by atoms with Crippen molar-refractivity contribution in [1.82, 2.24) is 0 Å². The van der Waals surface area contributed by atoms with Crippen LogP contribution >= 0.6 is 0 Å². The first-order valence-electron chi connectivity index (χ1n) is 13.3. The molecule has 1 aliphatic rings. The Morgan fingerprint density at radius 2 is 1.21 bits per heavy atom. The molecular weight excluding hydrogens is 478 g/mol. The van der Waals surface area contributed by atoms with Gasteiger partial charge in [-0.15, -0.1) is 0 Å². The summed E-state index contributed by atoms with van der Waals surface area (Å²) in [5.41, 5.74) is 0. The van der Waals surface area contributed by atoms with Crippen molar-refractivity contribution in [3.05, 3.63) is 24.3 Å². The van der Waals surface area contributed by atoms with Gasteiger partial charge in [0.2, 0.25) is 0 Å². The summed E-state index contributed by atoms with van der Waals surface area (Å²) in [7, 11) is 6.87. The average molecular weight is 529 g/mol. The lowest BCUT2D eigenvalue weighted by Crippen LogP contribution is -3.00. The van der Waals surface area contributed by atoms with Crippen LogP contribution in [-0.2, 0) is 4.74 Å². The summed E-state index contributed by atoms with van der Waals surface area (Å²) >= 11 is 0. The number of fused-ring (bicyclic) bond motifs is 1. The van der Waals surface area contributed by atoms with E-state index in [-0.39, 0.29) is 23.1 Å². The minimum atomic E-state index is 0. The van der Waals surface area contributed by atoms with E-state index in [4.69, 9.17) is 14.2 Å². The van der Waals surface area contributed by atoms with Crippen molar-refractivity contribution in [2.75, 3.05) is 47.5 Å². The summed E-state index contributed by atoms with van der Waals surface area (Å²) in [4.78, 5) is 0. The van der Waals surface area contributed by atoms with E-state index in [1.165, 1.54) is 90.0 Å². The van der Waals surface area contributed by atoms with Crippen LogP contribution in [-0.4, -0.2) is 58.1 Å². The molecule has 0 bridgehead atoms. The molecule has 0 spiro atoms. The number of rotatable bonds is 19. The van der Waals surface area contributed by atoms with E-state index in [0.717, 1.165) is 29.0 Å². The third kappa shape index (κ3) is 15.7. The summed E-state index contributed by atoms with van der Waals surface area (Å²) in [6, 6.07) is 7.85. The molecule has 1 aromatic carbocycles. The predicted molar refractivity (Wildman–Crippen MR) is 135 cm³/mol. The molecule has 4 nitrogen and oxygen atoms in total. The van der Waals surface area contributed by atoms with E-state index in [9.17, 15) is 0 Å². The van der Waals surface area contributed by atoms with E-state index in [1.807, 2.05) is 24.3 Å². The summed E-state index contributed by atoms with van der Waals surface area (Å²) < 4.78 is 18.6. The number of nitrogens with zero attached hydrogens (tertiary/aromatic N) is 1. The van der Waals surface area contributed by atoms with E-state index < -0.39 is 0 Å². The molecule has 33 heavy (non-hydrogen) atoms. The lowest BCUT2D eigenvalue weighted by Gasteiger charge is -2.26. The average Bonchev–Trinajstić information content (AvgIpc) is 2.77. The first-order chi connectivity index (χ1) is 15.5. The lowest BCUT2D eigenvalue weighted by molar-refractivity contribution is -0.870. The first-order valence-corrected chi connectivity index (χ1v) is 13.3. The van der Waals surface area contributed by atoms with Gasteiger partial charge in [-0.05, 0) is 31.4 Å². The van der Waals surface area contributed by atoms with Gasteiger partial charge in [-0.3, -0.25) is 0 Å². The van der Waals surface area contributed by atoms with Crippen LogP contribution in [0.4, 0.5) is 0 Å². The maximum atomic E-state index is 5.92. The van der Waals surface area contributed by atoms with Gasteiger partial charge in [-0.2, -0.15) is 0 Å². The third-order valence-electron chi connectivity index (χ3n) is 6.24. The number of benzene rings is 1. The van der Waals surface area contributed by atoms with Gasteiger partial charge in [0, 0.05) is 6.61 Å². The monoisotopic (exact) mass is 527 g/mol. The standard InChI is InChI=1S/C28H50NO3.BrH/c1-29(2,3)22-18-14-12-10-8-6-4-5-7-9-11-13-15-19-23-30-24-26-25-31-27-20-16-17-21-28(27)32-26;/h16-17,20-21,26H,4-15,18-19,22-25H2,1-3H3;1H/q+1;/p-1. The normalized spacial score (nSPS) is 15.3. The molecule has 0 amide bonds. The summed E-state index contributed by atoms with van der Waals surface area (Å²) in [6.45, 7) is 3.34. The van der Waals surface area contributed by atoms with Gasteiger partial charge in [0.15, 0.2) is 17.6 Å². The van der Waals surface area contributed by atoms with Crippen molar-refractivity contribution in [3.63, 3.8) is 0 Å². The largest absolute Gasteiger partial charge is 1.00 e. The second kappa shape index (κ2) is 18.5. The van der Waals surface area contributed by atoms with Crippen molar-refractivity contribution in [1.29, 1.82) is 0 Å². The fraction of sp³-hybridized carbons (Fsp3) is 0.786. The van der Waals surface area contributed by atoms with E-state index in [0.29, 0.717) is 13.2 Å². The van der Waals surface area contributed by atoms with Gasteiger partial charge in [0.25, 0.3) is 0 Å². The molecule has 1 aromatic rings. The zero-order chi connectivity index (χ0) is 22.9. The molecule has 1 unspecified atom stereocenters. The molecule has 0 radical (unpaired) electrons. The highest BCUT2D eigenvalue weighted by Crippen LogP contribution is 2.30. The second-order valence-corrected chi connectivity index (χ2v) is 10.5. The Labute approximate surface area is 214 Å². The number of ether oxygens (including phenoxy) is 3. The van der Waals surface area contributed by atoms with Crippen molar-refractivity contribution < 1.29 is 35.7 Å². The van der Waals surface area contributed by atoms with Crippen molar-refractivity contribution in [2.45, 2.75) is 96.0 Å². The highest BCUT2D eigenvalue weighted by molar-refractivity contribution is 5.40. The van der Waals surface area contributed by atoms with E-state index >= 15 is 0 Å². The molecule has 1 heterocycles. The summed E-state index contributed by atoms with van der Waals surface area (Å²) in [6.07, 6.45) is 19.4. The Bertz CT molecular complexity index is 591. The van der Waals surface area contributed by atoms with Gasteiger partial charge in [-0.1, -0.05) is 82.8 Å². The number of para-hydroxylation sites is 2. The van der Waals surface area contributed by atoms with E-state index in [1.54, 1.807) is 0 Å². The predicted octanol–water partition coefficient (Wildman–Crippen LogP) is 4.01. The van der Waals surface area contributed by atoms with Gasteiger partial charge >= 0.3 is 0 Å². The molecule has 2 rings (SSSR count). The molecule has 0 aliphatic carbocycles. The highest BCUT2D eigenvalue weighted by Gasteiger charge is 2.20. The van der Waals surface area contributed by atoms with Crippen molar-refractivity contribution in [3.8, 4) is 11.5 Å². The molecule has 0 N–H and O–H groups in total. The highest BCUT2D eigenvalue weighted by atomic mass is 79.9. The van der Waals surface area contributed by atoms with Gasteiger partial charge in [-0.25, -0.2) is 0 Å². The Morgan fingerprint density at radius 3 is 1.76 bits per heavy atom. The molecule has 0 saturated heterocycles. The molecule has 1 aliphatic heterocycles. The molecule has 0 fully saturated rings. The van der Waals surface area contributed by atoms with Crippen LogP contribution in [0, 0.1) is 0 Å². The number of hydrogen-bond donors (Lipinski definition) is 0. The summed E-state index contributed by atoms with van der Waals surface area (Å²) in [5.74, 6) is 1.67. The van der Waals surface area contributed by atoms with Crippen LogP contribution in [0.3, 0.4) is 0 Å². The van der Waals surface area contributed by atoms with Crippen molar-refractivity contribution in [2.24, 2.45) is 0 Å². The molecule has 192 valence electrons. The number of halogens is 1. The van der Waals surface area contributed by atoms with Gasteiger partial charge in [0.05, 0.1) is 34.3 Å². The van der Waals surface area contributed by atoms with Crippen LogP contribution in [0.2, 0.25) is 0 Å². The maximum absolute atomic E-state index is 5.92. The lowest BCUT2D eigenvalue weighted by atomic mass is 10.0. The Balaban J connectivity index is 0.00000544. The first kappa shape index (κ1) is 30.3. The smallest absolute Gasteiger partial charge is 0.161 e. The number of unbranched alkanes of at least 4 members (excludes halogenated alkanes) is 13.